The van der Waals surface area contributed by atoms with Gasteiger partial charge in [0.1, 0.15) is 53.8 Å². The van der Waals surface area contributed by atoms with Gasteiger partial charge in [0.2, 0.25) is 65.0 Å². The number of phenols is 2. The molecule has 444 valence electrons. The maximum absolute atomic E-state index is 14.6. The number of benzene rings is 3. The molecule has 1 aliphatic heterocycles. The summed E-state index contributed by atoms with van der Waals surface area (Å²) in [5.41, 5.74) is 23.1. The van der Waals surface area contributed by atoms with Crippen molar-refractivity contribution in [1.29, 1.82) is 0 Å². The van der Waals surface area contributed by atoms with E-state index in [1.807, 2.05) is 0 Å². The largest absolute Gasteiger partial charge is 0.508 e. The first-order valence-electron chi connectivity index (χ1n) is 25.9. The number of likely N-dealkylation sites (tertiary alicyclic amines) is 1. The van der Waals surface area contributed by atoms with Gasteiger partial charge >= 0.3 is 5.97 Å². The fourth-order valence-corrected chi connectivity index (χ4v) is 8.57. The van der Waals surface area contributed by atoms with Crippen LogP contribution in [0.25, 0.3) is 0 Å². The Morgan fingerprint density at radius 2 is 0.988 bits per heavy atom. The molecule has 3 aromatic carbocycles. The molecule has 11 amide bonds. The topological polar surface area (TPSA) is 498 Å². The van der Waals surface area contributed by atoms with Crippen LogP contribution in [-0.4, -0.2) is 175 Å². The van der Waals surface area contributed by atoms with Crippen LogP contribution in [0, 0.1) is 0 Å². The molecular formula is C53H70N12O17. The molecule has 0 bridgehead atoms. The third-order valence-electron chi connectivity index (χ3n) is 13.0. The number of aliphatic carboxylic acids is 1. The zero-order valence-electron chi connectivity index (χ0n) is 44.7. The minimum atomic E-state index is -1.92. The Labute approximate surface area is 469 Å². The lowest BCUT2D eigenvalue weighted by Crippen LogP contribution is -2.61. The number of hydrogen-bond donors (Lipinski definition) is 16. The number of nitrogens with one attached hydrogen (secondary N) is 7. The molecular weight excluding hydrogens is 1080 g/mol. The lowest BCUT2D eigenvalue weighted by Gasteiger charge is -2.31. The number of nitrogens with two attached hydrogens (primary N) is 4. The van der Waals surface area contributed by atoms with Crippen molar-refractivity contribution in [2.24, 2.45) is 22.9 Å². The minimum absolute atomic E-state index is 0.0371. The van der Waals surface area contributed by atoms with Gasteiger partial charge < -0.3 is 90.6 Å². The maximum Gasteiger partial charge on any atom is 0.328 e. The van der Waals surface area contributed by atoms with Gasteiger partial charge in [0.05, 0.1) is 25.2 Å². The average molecular weight is 1150 g/mol. The van der Waals surface area contributed by atoms with Crippen molar-refractivity contribution in [2.75, 3.05) is 13.2 Å². The van der Waals surface area contributed by atoms with Crippen LogP contribution < -0.4 is 60.2 Å². The fourth-order valence-electron chi connectivity index (χ4n) is 8.57. The lowest BCUT2D eigenvalue weighted by atomic mass is 10.0. The lowest BCUT2D eigenvalue weighted by molar-refractivity contribution is -0.145. The summed E-state index contributed by atoms with van der Waals surface area (Å²) in [7, 11) is 0. The van der Waals surface area contributed by atoms with Crippen molar-refractivity contribution >= 4 is 70.9 Å². The highest BCUT2D eigenvalue weighted by atomic mass is 16.4. The van der Waals surface area contributed by atoms with E-state index in [1.165, 1.54) is 48.5 Å². The highest BCUT2D eigenvalue weighted by Crippen LogP contribution is 2.22. The van der Waals surface area contributed by atoms with E-state index in [1.54, 1.807) is 30.3 Å². The molecule has 3 aromatic rings. The van der Waals surface area contributed by atoms with E-state index >= 15 is 0 Å². The predicted octanol–water partition coefficient (Wildman–Crippen LogP) is -5.30. The number of nitrogens with zero attached hydrogens (tertiary/aromatic N) is 1. The summed E-state index contributed by atoms with van der Waals surface area (Å²) < 4.78 is 0. The molecule has 0 radical (unpaired) electrons. The second kappa shape index (κ2) is 31.5. The van der Waals surface area contributed by atoms with Crippen LogP contribution in [0.3, 0.4) is 0 Å². The van der Waals surface area contributed by atoms with Gasteiger partial charge in [-0.2, -0.15) is 0 Å². The van der Waals surface area contributed by atoms with E-state index in [0.717, 1.165) is 11.8 Å². The van der Waals surface area contributed by atoms with Crippen LogP contribution >= 0.6 is 0 Å². The Morgan fingerprint density at radius 3 is 1.51 bits per heavy atom. The smallest absolute Gasteiger partial charge is 0.328 e. The minimum Gasteiger partial charge on any atom is -0.508 e. The number of aliphatic hydroxyl groups is 2. The molecule has 0 saturated carbocycles. The van der Waals surface area contributed by atoms with Crippen molar-refractivity contribution < 1.29 is 83.1 Å². The number of rotatable bonds is 32. The number of amides is 11. The highest BCUT2D eigenvalue weighted by molar-refractivity contribution is 5.99. The molecule has 82 heavy (non-hydrogen) atoms. The first-order chi connectivity index (χ1) is 38.8. The molecule has 0 unspecified atom stereocenters. The van der Waals surface area contributed by atoms with Gasteiger partial charge in [-0.15, -0.1) is 0 Å². The van der Waals surface area contributed by atoms with Crippen LogP contribution in [0.5, 0.6) is 11.5 Å². The van der Waals surface area contributed by atoms with Crippen molar-refractivity contribution in [1.82, 2.24) is 42.1 Å². The van der Waals surface area contributed by atoms with E-state index in [4.69, 9.17) is 22.9 Å². The summed E-state index contributed by atoms with van der Waals surface area (Å²) in [6.45, 7) is -0.0808. The molecule has 29 heteroatoms. The normalized spacial score (nSPS) is 16.1. The summed E-state index contributed by atoms with van der Waals surface area (Å²) in [6.07, 6.45) is -4.31. The Balaban J connectivity index is 1.59. The first kappa shape index (κ1) is 65.3. The number of phenolic OH excluding ortho intramolecular Hbond substituents is 2. The van der Waals surface area contributed by atoms with Gasteiger partial charge in [-0.3, -0.25) is 52.7 Å². The summed E-state index contributed by atoms with van der Waals surface area (Å²) in [5.74, 6) is -12.8. The number of hydrogen-bond acceptors (Lipinski definition) is 17. The molecule has 29 nitrogen and oxygen atoms in total. The Kier molecular flexibility index (Phi) is 25.1. The molecule has 0 aliphatic carbocycles. The molecule has 4 rings (SSSR count). The van der Waals surface area contributed by atoms with Crippen LogP contribution in [0.1, 0.15) is 68.6 Å². The van der Waals surface area contributed by atoms with Crippen molar-refractivity contribution in [3.05, 3.63) is 95.6 Å². The van der Waals surface area contributed by atoms with E-state index in [9.17, 15) is 83.1 Å². The van der Waals surface area contributed by atoms with Crippen LogP contribution in [-0.2, 0) is 76.8 Å². The number of carbonyl (C=O) groups is 12. The standard InChI is InChI=1S/C53H70N12O17/c1-27(67)44(53(81)82)64-49(77)36(23-29-9-13-31(68)14-10-29)61-51(79)40-8-5-21-65(40)52(80)38(24-30-11-15-32(69)16-12-30)62-50(78)39(26-66)63-48(76)37(25-43(57)72)60-47(75)35(22-28-6-3-2-4-7-28)59-46(74)34(18-20-42(56)71)58-45(73)33(54)17-19-41(55)70/h2-4,6-7,9-16,27,33-40,44,66-69H,5,8,17-26,54H2,1H3,(H2,55,70)(H2,56,71)(H2,57,72)(H,58,73)(H,59,74)(H,60,75)(H,61,79)(H,62,78)(H,63,76)(H,64,77)(H,81,82)/t27-,33+,34+,35+,36+,37+,38+,39+,40+,44+/m1/s1. The zero-order valence-corrected chi connectivity index (χ0v) is 44.7. The fraction of sp³-hybridized carbons (Fsp3) is 0.434. The molecule has 1 heterocycles. The number of carboxylic acid groups (broad SMARTS) is 1. The Bertz CT molecular complexity index is 2770. The van der Waals surface area contributed by atoms with E-state index in [2.05, 4.69) is 37.2 Å². The third-order valence-corrected chi connectivity index (χ3v) is 13.0. The predicted molar refractivity (Wildman–Crippen MR) is 287 cm³/mol. The molecule has 1 aliphatic rings. The van der Waals surface area contributed by atoms with E-state index in [-0.39, 0.29) is 69.4 Å². The SMILES string of the molecule is C[C@@H](O)[C@H](NC(=O)[C@H](Cc1ccc(O)cc1)NC(=O)[C@@H]1CCCN1C(=O)[C@H](Cc1ccc(O)cc1)NC(=O)[C@H](CO)NC(=O)[C@H](CC(N)=O)NC(=O)[C@H](Cc1ccccc1)NC(=O)[C@H](CCC(N)=O)NC(=O)[C@@H](N)CCC(N)=O)C(=O)O. The van der Waals surface area contributed by atoms with Crippen molar-refractivity contribution in [3.63, 3.8) is 0 Å². The monoisotopic (exact) mass is 1150 g/mol. The quantitative estimate of drug-likeness (QED) is 0.0278. The zero-order chi connectivity index (χ0) is 60.8. The third kappa shape index (κ3) is 20.8. The van der Waals surface area contributed by atoms with E-state index < -0.39 is 151 Å². The van der Waals surface area contributed by atoms with Crippen molar-refractivity contribution in [2.45, 2.75) is 132 Å². The van der Waals surface area contributed by atoms with Gasteiger partial charge in [0.25, 0.3) is 0 Å². The number of carboxylic acids is 1. The number of aliphatic hydroxyl groups excluding tert-OH is 2. The average Bonchev–Trinajstić information content (AvgIpc) is 3.96. The van der Waals surface area contributed by atoms with Gasteiger partial charge in [-0.1, -0.05) is 54.6 Å². The molecule has 1 saturated heterocycles. The second-order valence-electron chi connectivity index (χ2n) is 19.5. The first-order valence-corrected chi connectivity index (χ1v) is 25.9. The number of aromatic hydroxyl groups is 2. The maximum atomic E-state index is 14.6. The van der Waals surface area contributed by atoms with Crippen LogP contribution in [0.15, 0.2) is 78.9 Å². The Morgan fingerprint density at radius 1 is 0.549 bits per heavy atom. The van der Waals surface area contributed by atoms with Crippen molar-refractivity contribution in [3.8, 4) is 11.5 Å². The van der Waals surface area contributed by atoms with Gasteiger partial charge in [0, 0.05) is 38.6 Å². The molecule has 20 N–H and O–H groups in total. The molecule has 10 atom stereocenters. The van der Waals surface area contributed by atoms with Gasteiger partial charge in [0.15, 0.2) is 6.04 Å². The van der Waals surface area contributed by atoms with Gasteiger partial charge in [-0.05, 0) is 73.6 Å². The van der Waals surface area contributed by atoms with Gasteiger partial charge in [-0.25, -0.2) is 4.79 Å². The van der Waals surface area contributed by atoms with Crippen LogP contribution in [0.2, 0.25) is 0 Å². The van der Waals surface area contributed by atoms with Crippen LogP contribution in [0.4, 0.5) is 0 Å². The molecule has 0 aromatic heterocycles. The second-order valence-corrected chi connectivity index (χ2v) is 19.5. The summed E-state index contributed by atoms with van der Waals surface area (Å²) >= 11 is 0. The molecule has 1 fully saturated rings. The summed E-state index contributed by atoms with van der Waals surface area (Å²) in [6, 6.07) is 4.59. The number of carbonyl (C=O) groups excluding carboxylic acids is 11. The summed E-state index contributed by atoms with van der Waals surface area (Å²) in [5, 5.41) is 66.7. The van der Waals surface area contributed by atoms with E-state index in [0.29, 0.717) is 16.7 Å². The molecule has 0 spiro atoms. The summed E-state index contributed by atoms with van der Waals surface area (Å²) in [4.78, 5) is 160. The highest BCUT2D eigenvalue weighted by Gasteiger charge is 2.41. The Hall–Kier alpha value is -9.22. The number of primary amides is 3.